The van der Waals surface area contributed by atoms with Gasteiger partial charge in [-0.05, 0) is 30.6 Å². The molecular formula is C15H21NO4S. The molecule has 1 unspecified atom stereocenters. The number of carbonyl (C=O) groups excluding carboxylic acids is 1. The van der Waals surface area contributed by atoms with E-state index in [4.69, 9.17) is 9.47 Å². The molecule has 1 amide bonds. The van der Waals surface area contributed by atoms with Crippen LogP contribution in [0, 0.1) is 0 Å². The van der Waals surface area contributed by atoms with Gasteiger partial charge in [0.25, 0.3) is 5.91 Å². The van der Waals surface area contributed by atoms with Crippen LogP contribution in [0.25, 0.3) is 0 Å². The van der Waals surface area contributed by atoms with Crippen LogP contribution in [0.1, 0.15) is 6.42 Å². The number of aliphatic hydroxyl groups is 1. The van der Waals surface area contributed by atoms with E-state index in [0.717, 1.165) is 5.75 Å². The molecule has 1 aliphatic rings. The molecule has 1 fully saturated rings. The van der Waals surface area contributed by atoms with Crippen LogP contribution in [0.15, 0.2) is 24.3 Å². The van der Waals surface area contributed by atoms with Gasteiger partial charge in [0, 0.05) is 0 Å². The number of hydrogen-bond donors (Lipinski definition) is 1. The Morgan fingerprint density at radius 1 is 1.43 bits per heavy atom. The minimum absolute atomic E-state index is 0.0435. The van der Waals surface area contributed by atoms with Crippen LogP contribution in [-0.2, 0) is 4.79 Å². The lowest BCUT2D eigenvalue weighted by molar-refractivity contribution is -0.149. The monoisotopic (exact) mass is 311 g/mol. The molecule has 1 N–H and O–H groups in total. The topological polar surface area (TPSA) is 59.0 Å². The summed E-state index contributed by atoms with van der Waals surface area (Å²) in [5.74, 6) is 1.94. The predicted octanol–water partition coefficient (Wildman–Crippen LogP) is 1.40. The van der Waals surface area contributed by atoms with E-state index >= 15 is 0 Å². The summed E-state index contributed by atoms with van der Waals surface area (Å²) in [5.41, 5.74) is 0. The number of para-hydroxylation sites is 2. The molecule has 1 atom stereocenters. The summed E-state index contributed by atoms with van der Waals surface area (Å²) in [6.07, 6.45) is 1.51. The summed E-state index contributed by atoms with van der Waals surface area (Å²) in [7, 11) is 1.60. The van der Waals surface area contributed by atoms with Gasteiger partial charge in [0.05, 0.1) is 20.2 Å². The van der Waals surface area contributed by atoms with Gasteiger partial charge in [-0.2, -0.15) is 11.8 Å². The number of aliphatic hydroxyl groups excluding tert-OH is 1. The van der Waals surface area contributed by atoms with Gasteiger partial charge >= 0.3 is 0 Å². The third kappa shape index (κ3) is 4.04. The Kier molecular flexibility index (Phi) is 5.76. The maximum absolute atomic E-state index is 11.9. The molecular weight excluding hydrogens is 290 g/mol. The summed E-state index contributed by atoms with van der Waals surface area (Å²) in [5, 5.41) is 9.78. The van der Waals surface area contributed by atoms with Gasteiger partial charge < -0.3 is 19.5 Å². The van der Waals surface area contributed by atoms with Gasteiger partial charge in [0.2, 0.25) is 0 Å². The molecule has 0 radical (unpaired) electrons. The van der Waals surface area contributed by atoms with Crippen molar-refractivity contribution in [2.45, 2.75) is 18.6 Å². The van der Waals surface area contributed by atoms with E-state index in [2.05, 4.69) is 0 Å². The predicted molar refractivity (Wildman–Crippen MR) is 83.0 cm³/mol. The molecule has 0 aromatic heterocycles. The second-order valence-corrected chi connectivity index (χ2v) is 5.92. The molecule has 0 saturated carbocycles. The molecule has 1 heterocycles. The summed E-state index contributed by atoms with van der Waals surface area (Å²) in [6, 6.07) is 7.44. The van der Waals surface area contributed by atoms with Gasteiger partial charge in [-0.1, -0.05) is 12.1 Å². The van der Waals surface area contributed by atoms with E-state index in [-0.39, 0.29) is 12.0 Å². The zero-order valence-electron chi connectivity index (χ0n) is 12.3. The number of nitrogens with zero attached hydrogens (tertiary/aromatic N) is 1. The lowest BCUT2D eigenvalue weighted by Gasteiger charge is -2.40. The summed E-state index contributed by atoms with van der Waals surface area (Å²) >= 11 is 1.62. The Labute approximate surface area is 129 Å². The highest BCUT2D eigenvalue weighted by Crippen LogP contribution is 2.28. The number of rotatable bonds is 7. The van der Waals surface area contributed by atoms with Gasteiger partial charge in [-0.15, -0.1) is 0 Å². The summed E-state index contributed by atoms with van der Waals surface area (Å²) in [6.45, 7) is 1.01. The molecule has 1 aromatic carbocycles. The highest BCUT2D eigenvalue weighted by Gasteiger charge is 2.35. The van der Waals surface area contributed by atoms with E-state index in [1.807, 2.05) is 30.5 Å². The quantitative estimate of drug-likeness (QED) is 0.825. The maximum Gasteiger partial charge on any atom is 0.251 e. The number of carbonyl (C=O) groups is 1. The first-order valence-corrected chi connectivity index (χ1v) is 8.30. The fraction of sp³-hybridized carbons (Fsp3) is 0.533. The fourth-order valence-corrected chi connectivity index (χ4v) is 2.61. The normalized spacial score (nSPS) is 16.2. The highest BCUT2D eigenvalue weighted by molar-refractivity contribution is 7.98. The van der Waals surface area contributed by atoms with Crippen molar-refractivity contribution in [3.63, 3.8) is 0 Å². The second-order valence-electron chi connectivity index (χ2n) is 4.93. The molecule has 21 heavy (non-hydrogen) atoms. The van der Waals surface area contributed by atoms with Gasteiger partial charge in [-0.25, -0.2) is 0 Å². The van der Waals surface area contributed by atoms with Crippen molar-refractivity contribution in [3.05, 3.63) is 24.3 Å². The molecule has 0 aliphatic carbocycles. The van der Waals surface area contributed by atoms with Crippen molar-refractivity contribution in [3.8, 4) is 11.5 Å². The standard InChI is InChI=1S/C15H21NO4S/c1-19-13-5-3-4-6-14(13)20-11-9-16(10-11)15(18)12(17)7-8-21-2/h3-6,11-12,17H,7-10H2,1-2H3. The lowest BCUT2D eigenvalue weighted by Crippen LogP contribution is -2.58. The smallest absolute Gasteiger partial charge is 0.251 e. The third-order valence-electron chi connectivity index (χ3n) is 3.40. The fourth-order valence-electron chi connectivity index (χ4n) is 2.15. The van der Waals surface area contributed by atoms with Crippen LogP contribution in [-0.4, -0.2) is 60.3 Å². The van der Waals surface area contributed by atoms with Gasteiger partial charge in [0.1, 0.15) is 12.2 Å². The minimum atomic E-state index is -0.898. The highest BCUT2D eigenvalue weighted by atomic mass is 32.2. The SMILES string of the molecule is COc1ccccc1OC1CN(C(=O)C(O)CCSC)C1. The Bertz CT molecular complexity index is 476. The lowest BCUT2D eigenvalue weighted by atomic mass is 10.1. The first kappa shape index (κ1) is 16.0. The van der Waals surface area contributed by atoms with Crippen LogP contribution >= 0.6 is 11.8 Å². The molecule has 1 aromatic rings. The van der Waals surface area contributed by atoms with Crippen molar-refractivity contribution in [1.29, 1.82) is 0 Å². The summed E-state index contributed by atoms with van der Waals surface area (Å²) < 4.78 is 11.0. The minimum Gasteiger partial charge on any atom is -0.493 e. The van der Waals surface area contributed by atoms with Crippen LogP contribution < -0.4 is 9.47 Å². The van der Waals surface area contributed by atoms with Crippen LogP contribution in [0.4, 0.5) is 0 Å². The number of thioether (sulfide) groups is 1. The average molecular weight is 311 g/mol. The van der Waals surface area contributed by atoms with Crippen LogP contribution in [0.3, 0.4) is 0 Å². The molecule has 0 bridgehead atoms. The van der Waals surface area contributed by atoms with Crippen LogP contribution in [0.2, 0.25) is 0 Å². The number of likely N-dealkylation sites (tertiary alicyclic amines) is 1. The van der Waals surface area contributed by atoms with E-state index < -0.39 is 6.10 Å². The number of methoxy groups -OCH3 is 1. The average Bonchev–Trinajstić information content (AvgIpc) is 2.47. The first-order valence-electron chi connectivity index (χ1n) is 6.91. The molecule has 6 heteroatoms. The molecule has 0 spiro atoms. The molecule has 1 saturated heterocycles. The zero-order valence-corrected chi connectivity index (χ0v) is 13.1. The van der Waals surface area contributed by atoms with Crippen molar-refractivity contribution < 1.29 is 19.4 Å². The number of ether oxygens (including phenoxy) is 2. The van der Waals surface area contributed by atoms with Gasteiger partial charge in [-0.3, -0.25) is 4.79 Å². The summed E-state index contributed by atoms with van der Waals surface area (Å²) in [4.78, 5) is 13.6. The molecule has 1 aliphatic heterocycles. The van der Waals surface area contributed by atoms with E-state index in [1.54, 1.807) is 23.8 Å². The Hall–Kier alpha value is -1.40. The second kappa shape index (κ2) is 7.56. The van der Waals surface area contributed by atoms with Crippen molar-refractivity contribution in [2.75, 3.05) is 32.2 Å². The third-order valence-corrected chi connectivity index (χ3v) is 4.05. The molecule has 5 nitrogen and oxygen atoms in total. The molecule has 116 valence electrons. The zero-order chi connectivity index (χ0) is 15.2. The number of hydrogen-bond acceptors (Lipinski definition) is 5. The van der Waals surface area contributed by atoms with Crippen molar-refractivity contribution in [1.82, 2.24) is 4.90 Å². The Balaban J connectivity index is 1.80. The number of benzene rings is 1. The van der Waals surface area contributed by atoms with E-state index in [9.17, 15) is 9.90 Å². The van der Waals surface area contributed by atoms with E-state index in [1.165, 1.54) is 0 Å². The van der Waals surface area contributed by atoms with E-state index in [0.29, 0.717) is 31.0 Å². The molecule has 2 rings (SSSR count). The maximum atomic E-state index is 11.9. The van der Waals surface area contributed by atoms with Crippen molar-refractivity contribution in [2.24, 2.45) is 0 Å². The largest absolute Gasteiger partial charge is 0.493 e. The Morgan fingerprint density at radius 3 is 2.71 bits per heavy atom. The number of amides is 1. The Morgan fingerprint density at radius 2 is 2.10 bits per heavy atom. The van der Waals surface area contributed by atoms with Crippen LogP contribution in [0.5, 0.6) is 11.5 Å². The first-order chi connectivity index (χ1) is 10.2. The van der Waals surface area contributed by atoms with Crippen molar-refractivity contribution >= 4 is 17.7 Å². The van der Waals surface area contributed by atoms with Gasteiger partial charge in [0.15, 0.2) is 11.5 Å².